The van der Waals surface area contributed by atoms with Crippen molar-refractivity contribution >= 4 is 5.65 Å². The van der Waals surface area contributed by atoms with E-state index in [2.05, 4.69) is 27.1 Å². The van der Waals surface area contributed by atoms with Gasteiger partial charge in [-0.15, -0.1) is 0 Å². The van der Waals surface area contributed by atoms with Crippen molar-refractivity contribution in [1.82, 2.24) is 24.3 Å². The van der Waals surface area contributed by atoms with Crippen molar-refractivity contribution in [3.8, 4) is 11.8 Å². The molecule has 0 aliphatic rings. The minimum absolute atomic E-state index is 0.0957. The third kappa shape index (κ3) is 4.92. The van der Waals surface area contributed by atoms with E-state index in [1.54, 1.807) is 12.4 Å². The first-order valence-corrected chi connectivity index (χ1v) is 10.1. The van der Waals surface area contributed by atoms with Crippen LogP contribution in [0.4, 0.5) is 0 Å². The molecule has 4 aromatic rings. The molecule has 0 atom stereocenters. The summed E-state index contributed by atoms with van der Waals surface area (Å²) in [4.78, 5) is 18.1. The molecule has 7 heteroatoms. The molecule has 0 saturated heterocycles. The van der Waals surface area contributed by atoms with Gasteiger partial charge in [-0.1, -0.05) is 6.07 Å². The lowest BCUT2D eigenvalue weighted by Gasteiger charge is -2.10. The Hall–Kier alpha value is -3.48. The lowest BCUT2D eigenvalue weighted by Crippen LogP contribution is -2.07. The van der Waals surface area contributed by atoms with Gasteiger partial charge in [0.05, 0.1) is 18.4 Å². The summed E-state index contributed by atoms with van der Waals surface area (Å²) >= 11 is 0. The van der Waals surface area contributed by atoms with E-state index in [4.69, 9.17) is 14.5 Å². The Labute approximate surface area is 175 Å². The molecule has 4 aromatic heterocycles. The Morgan fingerprint density at radius 3 is 2.60 bits per heavy atom. The zero-order valence-corrected chi connectivity index (χ0v) is 17.4. The summed E-state index contributed by atoms with van der Waals surface area (Å²) in [5.74, 6) is 1.91. The summed E-state index contributed by atoms with van der Waals surface area (Å²) in [6.07, 6.45) is 8.89. The van der Waals surface area contributed by atoms with Crippen LogP contribution in [0.2, 0.25) is 0 Å². The van der Waals surface area contributed by atoms with Crippen LogP contribution in [0.1, 0.15) is 43.4 Å². The van der Waals surface area contributed by atoms with E-state index >= 15 is 0 Å². The van der Waals surface area contributed by atoms with E-state index < -0.39 is 0 Å². The molecule has 0 radical (unpaired) electrons. The monoisotopic (exact) mass is 403 g/mol. The summed E-state index contributed by atoms with van der Waals surface area (Å²) in [5, 5.41) is 0. The van der Waals surface area contributed by atoms with Gasteiger partial charge in [0, 0.05) is 49.8 Å². The van der Waals surface area contributed by atoms with Crippen molar-refractivity contribution in [2.75, 3.05) is 6.61 Å². The maximum absolute atomic E-state index is 5.68. The van der Waals surface area contributed by atoms with Crippen LogP contribution in [0.3, 0.4) is 0 Å². The fourth-order valence-electron chi connectivity index (χ4n) is 3.20. The van der Waals surface area contributed by atoms with Crippen LogP contribution in [-0.4, -0.2) is 37.0 Å². The fraction of sp³-hybridized carbons (Fsp3) is 0.304. The van der Waals surface area contributed by atoms with E-state index in [1.165, 1.54) is 0 Å². The molecule has 0 unspecified atom stereocenters. The van der Waals surface area contributed by atoms with Crippen molar-refractivity contribution in [3.05, 3.63) is 77.8 Å². The first kappa shape index (κ1) is 19.8. The molecule has 4 rings (SSSR count). The van der Waals surface area contributed by atoms with Crippen LogP contribution in [0, 0.1) is 0 Å². The first-order valence-electron chi connectivity index (χ1n) is 10.1. The number of pyridine rings is 2. The maximum Gasteiger partial charge on any atom is 0.216 e. The Morgan fingerprint density at radius 2 is 1.83 bits per heavy atom. The maximum atomic E-state index is 5.68. The summed E-state index contributed by atoms with van der Waals surface area (Å²) < 4.78 is 13.3. The van der Waals surface area contributed by atoms with Gasteiger partial charge >= 0.3 is 0 Å². The summed E-state index contributed by atoms with van der Waals surface area (Å²) in [6.45, 7) is 6.47. The minimum atomic E-state index is 0.0957. The third-order valence-electron chi connectivity index (χ3n) is 4.46. The van der Waals surface area contributed by atoms with Crippen LogP contribution >= 0.6 is 0 Å². The van der Waals surface area contributed by atoms with Gasteiger partial charge in [-0.3, -0.25) is 0 Å². The standard InChI is InChI=1S/C23H25N5O2/c1-4-29-23-14-19(11-17-7-9-28-10-8-24-21(28)13-17)26-20(27-23)12-18-5-6-22(25-15-18)30-16(2)3/h5-10,13-16H,4,11-12H2,1-3H3. The van der Waals surface area contributed by atoms with Gasteiger partial charge in [0.2, 0.25) is 11.8 Å². The Bertz CT molecular complexity index is 1120. The highest BCUT2D eigenvalue weighted by atomic mass is 16.5. The van der Waals surface area contributed by atoms with Crippen molar-refractivity contribution in [1.29, 1.82) is 0 Å². The van der Waals surface area contributed by atoms with E-state index in [-0.39, 0.29) is 6.10 Å². The minimum Gasteiger partial charge on any atom is -0.478 e. The molecule has 0 aromatic carbocycles. The molecule has 0 spiro atoms. The number of ether oxygens (including phenoxy) is 2. The number of rotatable bonds is 8. The molecule has 30 heavy (non-hydrogen) atoms. The Kier molecular flexibility index (Phi) is 5.88. The quantitative estimate of drug-likeness (QED) is 0.444. The second kappa shape index (κ2) is 8.90. The SMILES string of the molecule is CCOc1cc(Cc2ccn3ccnc3c2)nc(Cc2ccc(OC(C)C)nc2)n1. The second-order valence-corrected chi connectivity index (χ2v) is 7.30. The normalized spacial score (nSPS) is 11.2. The van der Waals surface area contributed by atoms with Crippen LogP contribution in [-0.2, 0) is 12.8 Å². The highest BCUT2D eigenvalue weighted by Crippen LogP contribution is 2.17. The van der Waals surface area contributed by atoms with Crippen LogP contribution < -0.4 is 9.47 Å². The van der Waals surface area contributed by atoms with Crippen LogP contribution in [0.15, 0.2) is 55.1 Å². The van der Waals surface area contributed by atoms with Gasteiger partial charge in [0.15, 0.2) is 0 Å². The number of aromatic nitrogens is 5. The highest BCUT2D eigenvalue weighted by Gasteiger charge is 2.09. The van der Waals surface area contributed by atoms with E-state index in [0.717, 1.165) is 22.5 Å². The fourth-order valence-corrected chi connectivity index (χ4v) is 3.20. The topological polar surface area (TPSA) is 74.4 Å². The molecule has 0 aliphatic heterocycles. The molecule has 4 heterocycles. The molecule has 0 bridgehead atoms. The summed E-state index contributed by atoms with van der Waals surface area (Å²) in [7, 11) is 0. The number of hydrogen-bond donors (Lipinski definition) is 0. The van der Waals surface area contributed by atoms with Gasteiger partial charge in [-0.05, 0) is 44.0 Å². The molecule has 0 saturated carbocycles. The molecule has 0 fully saturated rings. The first-order chi connectivity index (χ1) is 14.6. The van der Waals surface area contributed by atoms with E-state index in [1.807, 2.05) is 55.8 Å². The number of nitrogens with zero attached hydrogens (tertiary/aromatic N) is 5. The third-order valence-corrected chi connectivity index (χ3v) is 4.46. The van der Waals surface area contributed by atoms with Crippen molar-refractivity contribution in [2.45, 2.75) is 39.7 Å². The van der Waals surface area contributed by atoms with Crippen molar-refractivity contribution < 1.29 is 9.47 Å². The molecule has 0 amide bonds. The lowest BCUT2D eigenvalue weighted by atomic mass is 10.1. The van der Waals surface area contributed by atoms with Crippen molar-refractivity contribution in [3.63, 3.8) is 0 Å². The molecule has 0 aliphatic carbocycles. The molecule has 154 valence electrons. The lowest BCUT2D eigenvalue weighted by molar-refractivity contribution is 0.232. The Morgan fingerprint density at radius 1 is 0.933 bits per heavy atom. The average Bonchev–Trinajstić information content (AvgIpc) is 3.17. The van der Waals surface area contributed by atoms with Gasteiger partial charge in [0.25, 0.3) is 0 Å². The molecular weight excluding hydrogens is 378 g/mol. The van der Waals surface area contributed by atoms with E-state index in [9.17, 15) is 0 Å². The molecule has 0 N–H and O–H groups in total. The smallest absolute Gasteiger partial charge is 0.216 e. The molecule has 7 nitrogen and oxygen atoms in total. The summed E-state index contributed by atoms with van der Waals surface area (Å²) in [6, 6.07) is 9.92. The molecular formula is C23H25N5O2. The highest BCUT2D eigenvalue weighted by molar-refractivity contribution is 5.42. The van der Waals surface area contributed by atoms with Crippen LogP contribution in [0.25, 0.3) is 5.65 Å². The number of hydrogen-bond acceptors (Lipinski definition) is 6. The average molecular weight is 403 g/mol. The van der Waals surface area contributed by atoms with Gasteiger partial charge in [-0.25, -0.2) is 15.0 Å². The number of imidazole rings is 1. The second-order valence-electron chi connectivity index (χ2n) is 7.30. The van der Waals surface area contributed by atoms with Gasteiger partial charge < -0.3 is 13.9 Å². The largest absolute Gasteiger partial charge is 0.478 e. The Balaban J connectivity index is 1.55. The van der Waals surface area contributed by atoms with Gasteiger partial charge in [-0.2, -0.15) is 4.98 Å². The predicted molar refractivity (Wildman–Crippen MR) is 114 cm³/mol. The predicted octanol–water partition coefficient (Wildman–Crippen LogP) is 3.89. The number of fused-ring (bicyclic) bond motifs is 1. The van der Waals surface area contributed by atoms with E-state index in [0.29, 0.717) is 37.0 Å². The van der Waals surface area contributed by atoms with Gasteiger partial charge in [0.1, 0.15) is 11.5 Å². The summed E-state index contributed by atoms with van der Waals surface area (Å²) in [5.41, 5.74) is 3.98. The van der Waals surface area contributed by atoms with Crippen molar-refractivity contribution in [2.24, 2.45) is 0 Å². The van der Waals surface area contributed by atoms with Crippen LogP contribution in [0.5, 0.6) is 11.8 Å². The zero-order chi connectivity index (χ0) is 20.9. The zero-order valence-electron chi connectivity index (χ0n) is 17.4.